The lowest BCUT2D eigenvalue weighted by Gasteiger charge is -2.25. The molecule has 3 aromatic rings. The fourth-order valence-electron chi connectivity index (χ4n) is 4.95. The second kappa shape index (κ2) is 18.7. The average molecular weight is 807 g/mol. The van der Waals surface area contributed by atoms with E-state index >= 15 is 0 Å². The topological polar surface area (TPSA) is 171 Å². The van der Waals surface area contributed by atoms with Crippen molar-refractivity contribution in [2.24, 2.45) is 4.99 Å². The maximum absolute atomic E-state index is 13.3. The van der Waals surface area contributed by atoms with E-state index in [1.165, 1.54) is 36.4 Å². The number of benzene rings is 3. The van der Waals surface area contributed by atoms with Crippen LogP contribution in [0.4, 0.5) is 15.3 Å². The van der Waals surface area contributed by atoms with Crippen LogP contribution in [-0.4, -0.2) is 58.8 Å². The van der Waals surface area contributed by atoms with Crippen LogP contribution in [0.3, 0.4) is 0 Å². The van der Waals surface area contributed by atoms with Crippen molar-refractivity contribution in [2.45, 2.75) is 124 Å². The first-order valence-corrected chi connectivity index (χ1v) is 18.8. The molecule has 0 heterocycles. The summed E-state index contributed by atoms with van der Waals surface area (Å²) < 4.78 is 21.7. The van der Waals surface area contributed by atoms with Crippen LogP contribution in [0.1, 0.15) is 110 Å². The zero-order chi connectivity index (χ0) is 42.9. The lowest BCUT2D eigenvalue weighted by molar-refractivity contribution is -0.158. The van der Waals surface area contributed by atoms with Gasteiger partial charge in [0.25, 0.3) is 0 Å². The molecule has 3 N–H and O–H groups in total. The summed E-state index contributed by atoms with van der Waals surface area (Å²) in [5.74, 6) is -1.83. The number of esters is 2. The molecule has 308 valence electrons. The number of hydrogen-bond acceptors (Lipinski definition) is 9. The second-order valence-electron chi connectivity index (χ2n) is 17.4. The van der Waals surface area contributed by atoms with Crippen molar-refractivity contribution in [1.82, 2.24) is 10.6 Å². The molecule has 3 aromatic carbocycles. The molecule has 0 aliphatic rings. The molecule has 0 fully saturated rings. The normalized spacial score (nSPS) is 12.8. The zero-order valence-corrected chi connectivity index (χ0v) is 35.6. The number of amides is 3. The third-order valence-corrected chi connectivity index (χ3v) is 7.82. The maximum atomic E-state index is 13.3. The Balaban J connectivity index is 1.68. The number of guanidine groups is 1. The Hall–Kier alpha value is -5.43. The molecule has 0 saturated heterocycles. The molecular formula is C43H55ClN4O9. The smallest absolute Gasteiger partial charge is 0.437 e. The highest BCUT2D eigenvalue weighted by atomic mass is 35.5. The number of anilines is 1. The molecule has 0 radical (unpaired) electrons. The van der Waals surface area contributed by atoms with Gasteiger partial charge in [0, 0.05) is 17.1 Å². The Morgan fingerprint density at radius 2 is 1.30 bits per heavy atom. The molecule has 0 saturated carbocycles. The molecule has 3 rings (SSSR count). The molecule has 14 heteroatoms. The summed E-state index contributed by atoms with van der Waals surface area (Å²) in [7, 11) is 0. The van der Waals surface area contributed by atoms with Gasteiger partial charge < -0.3 is 29.6 Å². The summed E-state index contributed by atoms with van der Waals surface area (Å²) in [6.45, 7) is 21.7. The van der Waals surface area contributed by atoms with E-state index in [9.17, 15) is 24.0 Å². The van der Waals surface area contributed by atoms with Crippen molar-refractivity contribution in [3.8, 4) is 5.75 Å². The molecule has 0 bridgehead atoms. The van der Waals surface area contributed by atoms with E-state index in [2.05, 4.69) is 41.7 Å². The summed E-state index contributed by atoms with van der Waals surface area (Å²) in [6, 6.07) is 17.4. The Morgan fingerprint density at radius 3 is 1.82 bits per heavy atom. The summed E-state index contributed by atoms with van der Waals surface area (Å²) in [4.78, 5) is 68.1. The third kappa shape index (κ3) is 16.7. The number of alkyl carbamates (subject to hydrolysis) is 1. The average Bonchev–Trinajstić information content (AvgIpc) is 3.03. The first-order chi connectivity index (χ1) is 26.2. The van der Waals surface area contributed by atoms with Crippen LogP contribution in [0.25, 0.3) is 0 Å². The fraction of sp³-hybridized carbons (Fsp3) is 0.442. The number of rotatable bonds is 9. The van der Waals surface area contributed by atoms with Crippen LogP contribution >= 0.6 is 11.6 Å². The molecule has 1 atom stereocenters. The number of nitrogens with zero attached hydrogens (tertiary/aromatic N) is 1. The largest absolute Gasteiger partial charge is 0.458 e. The Kier molecular flexibility index (Phi) is 15.1. The third-order valence-electron chi connectivity index (χ3n) is 7.47. The number of ether oxygens (including phenoxy) is 4. The van der Waals surface area contributed by atoms with Crippen LogP contribution in [0, 0.1) is 0 Å². The van der Waals surface area contributed by atoms with Crippen molar-refractivity contribution in [3.05, 3.63) is 94.0 Å². The van der Waals surface area contributed by atoms with Crippen LogP contribution < -0.4 is 20.7 Å². The van der Waals surface area contributed by atoms with Crippen molar-refractivity contribution in [1.29, 1.82) is 0 Å². The molecule has 0 aromatic heterocycles. The number of aliphatic imine (C=N–C) groups is 1. The predicted molar refractivity (Wildman–Crippen MR) is 220 cm³/mol. The van der Waals surface area contributed by atoms with Crippen LogP contribution in [-0.2, 0) is 42.1 Å². The summed E-state index contributed by atoms with van der Waals surface area (Å²) in [6.07, 6.45) is -1.72. The van der Waals surface area contributed by atoms with Crippen molar-refractivity contribution in [3.63, 3.8) is 0 Å². The van der Waals surface area contributed by atoms with Gasteiger partial charge in [0.15, 0.2) is 0 Å². The van der Waals surface area contributed by atoms with Gasteiger partial charge in [-0.3, -0.25) is 10.1 Å². The molecule has 57 heavy (non-hydrogen) atoms. The number of nitrogens with one attached hydrogen (secondary N) is 3. The molecule has 0 spiro atoms. The zero-order valence-electron chi connectivity index (χ0n) is 34.8. The minimum Gasteiger partial charge on any atom is -0.458 e. The maximum Gasteiger partial charge on any atom is 0.437 e. The molecular weight excluding hydrogens is 752 g/mol. The summed E-state index contributed by atoms with van der Waals surface area (Å²) in [5.41, 5.74) is 0.565. The van der Waals surface area contributed by atoms with E-state index in [0.29, 0.717) is 11.3 Å². The molecule has 3 amide bonds. The Bertz CT molecular complexity index is 1950. The Labute approximate surface area is 340 Å². The number of hydrogen-bond donors (Lipinski definition) is 3. The van der Waals surface area contributed by atoms with Crippen LogP contribution in [0.2, 0.25) is 5.02 Å². The first-order valence-electron chi connectivity index (χ1n) is 18.5. The first kappa shape index (κ1) is 46.0. The number of halogens is 1. The monoisotopic (exact) mass is 806 g/mol. The van der Waals surface area contributed by atoms with E-state index < -0.39 is 52.9 Å². The minimum atomic E-state index is -0.950. The predicted octanol–water partition coefficient (Wildman–Crippen LogP) is 8.70. The SMILES string of the molecule is CC(C)(C)OC(=O)/N=C(/NC(=O)OC(C)(C)C)Nc1ccc(C(=O)Oc2ccc(CC(=O)N[C@@H](Cc3ccc(C(C)(C)C)cc3)C(=O)OC(C)(C)C)c(Cl)c2)cc1. The Morgan fingerprint density at radius 1 is 0.719 bits per heavy atom. The van der Waals surface area contributed by atoms with Crippen LogP contribution in [0.15, 0.2) is 71.7 Å². The lowest BCUT2D eigenvalue weighted by atomic mass is 9.86. The standard InChI is InChI=1S/C43H55ClN4O9/c1-40(2,3)29-18-13-26(14-19-29)23-33(36(51)55-41(4,5)6)46-34(49)24-28-17-22-31(25-32(28)44)54-35(50)27-15-20-30(21-16-27)45-37(47-38(52)56-42(7,8)9)48-39(53)57-43(10,11)12/h13-22,25,33H,23-24H2,1-12H3,(H,46,49)(H2,45,47,48,52,53)/t33-/m0/s1. The quantitative estimate of drug-likeness (QED) is 0.0625. The molecule has 0 aliphatic heterocycles. The van der Waals surface area contributed by atoms with Crippen molar-refractivity contribution >= 4 is 53.3 Å². The summed E-state index contributed by atoms with van der Waals surface area (Å²) >= 11 is 6.53. The van der Waals surface area contributed by atoms with E-state index in [0.717, 1.165) is 11.1 Å². The van der Waals surface area contributed by atoms with E-state index in [4.69, 9.17) is 30.5 Å². The van der Waals surface area contributed by atoms with E-state index in [1.807, 2.05) is 24.3 Å². The fourth-order valence-corrected chi connectivity index (χ4v) is 5.19. The minimum absolute atomic E-state index is 0.0358. The van der Waals surface area contributed by atoms with E-state index in [1.54, 1.807) is 68.4 Å². The highest BCUT2D eigenvalue weighted by Crippen LogP contribution is 2.25. The highest BCUT2D eigenvalue weighted by Gasteiger charge is 2.28. The van der Waals surface area contributed by atoms with Gasteiger partial charge in [-0.2, -0.15) is 0 Å². The van der Waals surface area contributed by atoms with Crippen molar-refractivity contribution in [2.75, 3.05) is 5.32 Å². The van der Waals surface area contributed by atoms with Gasteiger partial charge >= 0.3 is 24.1 Å². The van der Waals surface area contributed by atoms with Gasteiger partial charge in [0.2, 0.25) is 11.9 Å². The van der Waals surface area contributed by atoms with E-state index in [-0.39, 0.29) is 40.6 Å². The van der Waals surface area contributed by atoms with Gasteiger partial charge in [-0.1, -0.05) is 62.7 Å². The second-order valence-corrected chi connectivity index (χ2v) is 17.8. The van der Waals surface area contributed by atoms with Gasteiger partial charge in [-0.05, 0) is 121 Å². The van der Waals surface area contributed by atoms with Crippen molar-refractivity contribution < 1.29 is 42.9 Å². The summed E-state index contributed by atoms with van der Waals surface area (Å²) in [5, 5.41) is 8.19. The lowest BCUT2D eigenvalue weighted by Crippen LogP contribution is -2.46. The molecule has 0 aliphatic carbocycles. The van der Waals surface area contributed by atoms with Gasteiger partial charge in [0.1, 0.15) is 28.6 Å². The van der Waals surface area contributed by atoms with Gasteiger partial charge in [-0.15, -0.1) is 4.99 Å². The van der Waals surface area contributed by atoms with Crippen LogP contribution in [0.5, 0.6) is 5.75 Å². The van der Waals surface area contributed by atoms with Gasteiger partial charge in [0.05, 0.1) is 12.0 Å². The number of carbonyl (C=O) groups excluding carboxylic acids is 5. The molecule has 0 unspecified atom stereocenters. The number of carbonyl (C=O) groups is 5. The molecule has 13 nitrogen and oxygen atoms in total. The highest BCUT2D eigenvalue weighted by molar-refractivity contribution is 6.31. The van der Waals surface area contributed by atoms with Gasteiger partial charge in [-0.25, -0.2) is 19.2 Å².